The molecule has 3 rings (SSSR count). The third kappa shape index (κ3) is 5.15. The molecule has 0 aliphatic rings. The van der Waals surface area contributed by atoms with Gasteiger partial charge in [-0.3, -0.25) is 4.79 Å². The van der Waals surface area contributed by atoms with Gasteiger partial charge in [-0.05, 0) is 61.4 Å². The first kappa shape index (κ1) is 20.9. The lowest BCUT2D eigenvalue weighted by molar-refractivity contribution is 0.0690. The summed E-state index contributed by atoms with van der Waals surface area (Å²) in [6, 6.07) is 20.4. The Hall–Kier alpha value is -2.86. The highest BCUT2D eigenvalue weighted by Gasteiger charge is 2.20. The average Bonchev–Trinajstić information content (AvgIpc) is 2.71. The zero-order valence-corrected chi connectivity index (χ0v) is 17.6. The fourth-order valence-corrected chi connectivity index (χ4v) is 3.59. The highest BCUT2D eigenvalue weighted by Crippen LogP contribution is 2.21. The second-order valence-electron chi connectivity index (χ2n) is 7.17. The normalized spacial score (nSPS) is 11.6. The SMILES string of the molecule is CCS(=O)(=O)Oc1cccc(CN(C(=O)c2ccc3ccccc3c2)C(C)C)c1. The molecule has 0 bridgehead atoms. The van der Waals surface area contributed by atoms with Crippen LogP contribution < -0.4 is 4.18 Å². The van der Waals surface area contributed by atoms with Gasteiger partial charge in [-0.2, -0.15) is 8.42 Å². The maximum atomic E-state index is 13.2. The molecular formula is C23H25NO4S. The molecule has 0 fully saturated rings. The van der Waals surface area contributed by atoms with Crippen LogP contribution in [0.5, 0.6) is 5.75 Å². The zero-order valence-electron chi connectivity index (χ0n) is 16.8. The van der Waals surface area contributed by atoms with Crippen LogP contribution in [0, 0.1) is 0 Å². The van der Waals surface area contributed by atoms with Crippen molar-refractivity contribution in [3.63, 3.8) is 0 Å². The molecular weight excluding hydrogens is 386 g/mol. The van der Waals surface area contributed by atoms with Crippen molar-refractivity contribution in [1.29, 1.82) is 0 Å². The lowest BCUT2D eigenvalue weighted by atomic mass is 10.1. The monoisotopic (exact) mass is 411 g/mol. The first-order valence-electron chi connectivity index (χ1n) is 9.60. The van der Waals surface area contributed by atoms with Crippen molar-refractivity contribution in [2.24, 2.45) is 0 Å². The highest BCUT2D eigenvalue weighted by atomic mass is 32.2. The fourth-order valence-electron chi connectivity index (χ4n) is 3.07. The van der Waals surface area contributed by atoms with E-state index < -0.39 is 10.1 Å². The van der Waals surface area contributed by atoms with Gasteiger partial charge in [-0.15, -0.1) is 0 Å². The van der Waals surface area contributed by atoms with Crippen LogP contribution in [0.15, 0.2) is 66.7 Å². The Bertz CT molecular complexity index is 1120. The minimum Gasteiger partial charge on any atom is -0.382 e. The number of rotatable bonds is 7. The van der Waals surface area contributed by atoms with Crippen molar-refractivity contribution >= 4 is 26.8 Å². The van der Waals surface area contributed by atoms with Crippen LogP contribution in [0.1, 0.15) is 36.7 Å². The quantitative estimate of drug-likeness (QED) is 0.532. The zero-order chi connectivity index (χ0) is 21.0. The number of carbonyl (C=O) groups excluding carboxylic acids is 1. The van der Waals surface area contributed by atoms with Gasteiger partial charge < -0.3 is 9.08 Å². The van der Waals surface area contributed by atoms with Crippen LogP contribution >= 0.6 is 0 Å². The van der Waals surface area contributed by atoms with Gasteiger partial charge in [0.1, 0.15) is 5.75 Å². The van der Waals surface area contributed by atoms with E-state index in [1.54, 1.807) is 23.1 Å². The van der Waals surface area contributed by atoms with Gasteiger partial charge in [0.25, 0.3) is 5.91 Å². The van der Waals surface area contributed by atoms with E-state index in [0.29, 0.717) is 12.1 Å². The van der Waals surface area contributed by atoms with Gasteiger partial charge in [0.2, 0.25) is 0 Å². The van der Waals surface area contributed by atoms with Crippen LogP contribution in [-0.4, -0.2) is 31.0 Å². The summed E-state index contributed by atoms with van der Waals surface area (Å²) in [7, 11) is -3.59. The third-order valence-electron chi connectivity index (χ3n) is 4.71. The molecule has 0 spiro atoms. The Balaban J connectivity index is 1.85. The number of amides is 1. The van der Waals surface area contributed by atoms with E-state index in [1.807, 2.05) is 62.4 Å². The maximum Gasteiger partial charge on any atom is 0.308 e. The molecule has 0 radical (unpaired) electrons. The van der Waals surface area contributed by atoms with Crippen LogP contribution in [0.4, 0.5) is 0 Å². The molecule has 1 amide bonds. The van der Waals surface area contributed by atoms with E-state index >= 15 is 0 Å². The van der Waals surface area contributed by atoms with Crippen LogP contribution in [0.2, 0.25) is 0 Å². The summed E-state index contributed by atoms with van der Waals surface area (Å²) >= 11 is 0. The fraction of sp³-hybridized carbons (Fsp3) is 0.261. The summed E-state index contributed by atoms with van der Waals surface area (Å²) < 4.78 is 28.5. The predicted octanol–water partition coefficient (Wildman–Crippen LogP) is 4.62. The maximum absolute atomic E-state index is 13.2. The molecule has 152 valence electrons. The van der Waals surface area contributed by atoms with E-state index in [4.69, 9.17) is 4.18 Å². The first-order valence-corrected chi connectivity index (χ1v) is 11.2. The molecule has 0 heterocycles. The van der Waals surface area contributed by atoms with Crippen molar-refractivity contribution in [2.75, 3.05) is 5.75 Å². The van der Waals surface area contributed by atoms with Gasteiger partial charge in [0, 0.05) is 18.2 Å². The molecule has 0 N–H and O–H groups in total. The molecule has 0 saturated carbocycles. The van der Waals surface area contributed by atoms with Crippen molar-refractivity contribution in [1.82, 2.24) is 4.90 Å². The van der Waals surface area contributed by atoms with Gasteiger partial charge >= 0.3 is 10.1 Å². The van der Waals surface area contributed by atoms with Crippen molar-refractivity contribution in [2.45, 2.75) is 33.4 Å². The van der Waals surface area contributed by atoms with Crippen LogP contribution in [0.3, 0.4) is 0 Å². The van der Waals surface area contributed by atoms with E-state index in [2.05, 4.69) is 0 Å². The summed E-state index contributed by atoms with van der Waals surface area (Å²) in [6.07, 6.45) is 0. The summed E-state index contributed by atoms with van der Waals surface area (Å²) in [5.41, 5.74) is 1.43. The highest BCUT2D eigenvalue weighted by molar-refractivity contribution is 7.87. The molecule has 0 atom stereocenters. The van der Waals surface area contributed by atoms with Crippen molar-refractivity contribution in [3.05, 3.63) is 77.9 Å². The largest absolute Gasteiger partial charge is 0.382 e. The second kappa shape index (κ2) is 8.66. The topological polar surface area (TPSA) is 63.7 Å². The molecule has 3 aromatic rings. The summed E-state index contributed by atoms with van der Waals surface area (Å²) in [6.45, 7) is 5.80. The molecule has 3 aromatic carbocycles. The Morgan fingerprint density at radius 3 is 2.38 bits per heavy atom. The summed E-state index contributed by atoms with van der Waals surface area (Å²) in [4.78, 5) is 15.0. The molecule has 6 heteroatoms. The minimum atomic E-state index is -3.59. The molecule has 0 saturated heterocycles. The standard InChI is InChI=1S/C23H25NO4S/c1-4-29(26,27)28-22-11-7-8-18(14-22)16-24(17(2)3)23(25)21-13-12-19-9-5-6-10-20(19)15-21/h5-15,17H,4,16H2,1-3H3. The lowest BCUT2D eigenvalue weighted by Crippen LogP contribution is -2.36. The van der Waals surface area contributed by atoms with Gasteiger partial charge in [-0.25, -0.2) is 0 Å². The summed E-state index contributed by atoms with van der Waals surface area (Å²) in [5.74, 6) is 0.0833. The average molecular weight is 412 g/mol. The number of benzene rings is 3. The first-order chi connectivity index (χ1) is 13.8. The number of hydrogen-bond acceptors (Lipinski definition) is 4. The molecule has 0 aliphatic carbocycles. The number of fused-ring (bicyclic) bond motifs is 1. The molecule has 0 aromatic heterocycles. The Morgan fingerprint density at radius 2 is 1.69 bits per heavy atom. The van der Waals surface area contributed by atoms with Crippen LogP contribution in [-0.2, 0) is 16.7 Å². The Labute approximate surface area is 172 Å². The van der Waals surface area contributed by atoms with Crippen molar-refractivity contribution in [3.8, 4) is 5.75 Å². The van der Waals surface area contributed by atoms with Gasteiger partial charge in [0.05, 0.1) is 5.75 Å². The van der Waals surface area contributed by atoms with Crippen LogP contribution in [0.25, 0.3) is 10.8 Å². The molecule has 5 nitrogen and oxygen atoms in total. The van der Waals surface area contributed by atoms with Gasteiger partial charge in [0.15, 0.2) is 0 Å². The third-order valence-corrected chi connectivity index (χ3v) is 5.86. The summed E-state index contributed by atoms with van der Waals surface area (Å²) in [5, 5.41) is 2.10. The Morgan fingerprint density at radius 1 is 0.966 bits per heavy atom. The predicted molar refractivity (Wildman–Crippen MR) is 115 cm³/mol. The Kier molecular flexibility index (Phi) is 6.23. The van der Waals surface area contributed by atoms with E-state index in [-0.39, 0.29) is 23.5 Å². The van der Waals surface area contributed by atoms with Gasteiger partial charge in [-0.1, -0.05) is 42.5 Å². The van der Waals surface area contributed by atoms with E-state index in [9.17, 15) is 13.2 Å². The number of carbonyl (C=O) groups is 1. The minimum absolute atomic E-state index is 0.0297. The van der Waals surface area contributed by atoms with Crippen molar-refractivity contribution < 1.29 is 17.4 Å². The second-order valence-corrected chi connectivity index (χ2v) is 9.03. The smallest absolute Gasteiger partial charge is 0.308 e. The number of nitrogens with zero attached hydrogens (tertiary/aromatic N) is 1. The van der Waals surface area contributed by atoms with E-state index in [0.717, 1.165) is 16.3 Å². The molecule has 0 aliphatic heterocycles. The molecule has 29 heavy (non-hydrogen) atoms. The van der Waals surface area contributed by atoms with E-state index in [1.165, 1.54) is 6.92 Å². The lowest BCUT2D eigenvalue weighted by Gasteiger charge is -2.27. The number of hydrogen-bond donors (Lipinski definition) is 0. The molecule has 0 unspecified atom stereocenters.